The van der Waals surface area contributed by atoms with Gasteiger partial charge in [0.05, 0.1) is 11.1 Å². The molecule has 1 N–H and O–H groups in total. The molecule has 5 heteroatoms. The summed E-state index contributed by atoms with van der Waals surface area (Å²) >= 11 is 1.48. The van der Waals surface area contributed by atoms with Crippen LogP contribution in [0.5, 0.6) is 5.75 Å². The Morgan fingerprint density at radius 2 is 2.10 bits per heavy atom. The molecule has 2 rings (SSSR count). The Hall–Kier alpha value is -1.88. The van der Waals surface area contributed by atoms with Crippen LogP contribution in [0, 0.1) is 6.92 Å². The molecule has 112 valence electrons. The largest absolute Gasteiger partial charge is 0.491 e. The van der Waals surface area contributed by atoms with Gasteiger partial charge in [-0.2, -0.15) is 0 Å². The molecule has 1 aromatic carbocycles. The molecule has 1 aromatic heterocycles. The van der Waals surface area contributed by atoms with Crippen LogP contribution in [-0.2, 0) is 6.54 Å². The molecule has 1 atom stereocenters. The molecule has 1 unspecified atom stereocenters. The van der Waals surface area contributed by atoms with E-state index in [-0.39, 0.29) is 12.0 Å². The SMILES string of the molecule is CCC(C)Oc1ccc(CNC(=O)c2csc(C)n2)cc1. The minimum absolute atomic E-state index is 0.140. The van der Waals surface area contributed by atoms with E-state index in [9.17, 15) is 4.79 Å². The van der Waals surface area contributed by atoms with Crippen LogP contribution < -0.4 is 10.1 Å². The highest BCUT2D eigenvalue weighted by Crippen LogP contribution is 2.15. The van der Waals surface area contributed by atoms with Crippen molar-refractivity contribution in [3.8, 4) is 5.75 Å². The Morgan fingerprint density at radius 1 is 1.38 bits per heavy atom. The predicted octanol–water partition coefficient (Wildman–Crippen LogP) is 3.56. The summed E-state index contributed by atoms with van der Waals surface area (Å²) in [5.41, 5.74) is 1.51. The monoisotopic (exact) mass is 304 g/mol. The minimum atomic E-state index is -0.140. The van der Waals surface area contributed by atoms with E-state index in [1.165, 1.54) is 11.3 Å². The molecule has 4 nitrogen and oxygen atoms in total. The average Bonchev–Trinajstić information content (AvgIpc) is 2.92. The van der Waals surface area contributed by atoms with Crippen LogP contribution in [0.2, 0.25) is 0 Å². The summed E-state index contributed by atoms with van der Waals surface area (Å²) in [5, 5.41) is 5.53. The molecule has 0 bridgehead atoms. The lowest BCUT2D eigenvalue weighted by molar-refractivity contribution is 0.0946. The van der Waals surface area contributed by atoms with Gasteiger partial charge in [0, 0.05) is 11.9 Å². The Labute approximate surface area is 129 Å². The van der Waals surface area contributed by atoms with E-state index < -0.39 is 0 Å². The normalized spacial score (nSPS) is 12.0. The number of carbonyl (C=O) groups excluding carboxylic acids is 1. The van der Waals surface area contributed by atoms with Gasteiger partial charge >= 0.3 is 0 Å². The van der Waals surface area contributed by atoms with Crippen molar-refractivity contribution in [2.75, 3.05) is 0 Å². The lowest BCUT2D eigenvalue weighted by Gasteiger charge is -2.12. The number of hydrogen-bond acceptors (Lipinski definition) is 4. The van der Waals surface area contributed by atoms with Crippen LogP contribution in [0.1, 0.15) is 41.3 Å². The number of nitrogens with one attached hydrogen (secondary N) is 1. The lowest BCUT2D eigenvalue weighted by Crippen LogP contribution is -2.23. The molecule has 0 radical (unpaired) electrons. The first kappa shape index (κ1) is 15.5. The standard InChI is InChI=1S/C16H20N2O2S/c1-4-11(2)20-14-7-5-13(6-8-14)9-17-16(19)15-10-21-12(3)18-15/h5-8,10-11H,4,9H2,1-3H3,(H,17,19). The summed E-state index contributed by atoms with van der Waals surface area (Å²) in [6.45, 7) is 6.51. The first-order valence-corrected chi connectivity index (χ1v) is 7.92. The maximum absolute atomic E-state index is 11.9. The van der Waals surface area contributed by atoms with Crippen LogP contribution in [0.25, 0.3) is 0 Å². The first-order chi connectivity index (χ1) is 10.1. The van der Waals surface area contributed by atoms with Gasteiger partial charge in [0.1, 0.15) is 11.4 Å². The van der Waals surface area contributed by atoms with E-state index in [0.717, 1.165) is 22.7 Å². The fourth-order valence-corrected chi connectivity index (χ4v) is 2.34. The number of amides is 1. The maximum Gasteiger partial charge on any atom is 0.271 e. The molecule has 2 aromatic rings. The van der Waals surface area contributed by atoms with Crippen molar-refractivity contribution in [2.45, 2.75) is 39.8 Å². The zero-order valence-corrected chi connectivity index (χ0v) is 13.4. The van der Waals surface area contributed by atoms with Gasteiger partial charge in [-0.1, -0.05) is 19.1 Å². The zero-order valence-electron chi connectivity index (χ0n) is 12.6. The van der Waals surface area contributed by atoms with Crippen molar-refractivity contribution < 1.29 is 9.53 Å². The summed E-state index contributed by atoms with van der Waals surface area (Å²) in [4.78, 5) is 16.1. The molecular weight excluding hydrogens is 284 g/mol. The maximum atomic E-state index is 11.9. The quantitative estimate of drug-likeness (QED) is 0.887. The number of nitrogens with zero attached hydrogens (tertiary/aromatic N) is 1. The van der Waals surface area contributed by atoms with Gasteiger partial charge in [-0.05, 0) is 38.0 Å². The van der Waals surface area contributed by atoms with Crippen molar-refractivity contribution in [3.05, 3.63) is 45.9 Å². The highest BCUT2D eigenvalue weighted by molar-refractivity contribution is 7.09. The Kier molecular flexibility index (Phi) is 5.33. The van der Waals surface area contributed by atoms with Gasteiger partial charge in [-0.25, -0.2) is 4.98 Å². The number of rotatable bonds is 6. The van der Waals surface area contributed by atoms with Crippen molar-refractivity contribution in [1.82, 2.24) is 10.3 Å². The molecule has 0 fully saturated rings. The van der Waals surface area contributed by atoms with Crippen molar-refractivity contribution >= 4 is 17.2 Å². The minimum Gasteiger partial charge on any atom is -0.491 e. The van der Waals surface area contributed by atoms with E-state index in [4.69, 9.17) is 4.74 Å². The van der Waals surface area contributed by atoms with E-state index in [1.807, 2.05) is 38.1 Å². The number of hydrogen-bond donors (Lipinski definition) is 1. The molecule has 1 amide bonds. The van der Waals surface area contributed by atoms with Crippen molar-refractivity contribution in [3.63, 3.8) is 0 Å². The molecule has 0 aliphatic rings. The van der Waals surface area contributed by atoms with E-state index >= 15 is 0 Å². The number of benzene rings is 1. The number of ether oxygens (including phenoxy) is 1. The zero-order chi connectivity index (χ0) is 15.2. The molecule has 0 aliphatic carbocycles. The second-order valence-electron chi connectivity index (χ2n) is 4.92. The van der Waals surface area contributed by atoms with Crippen LogP contribution >= 0.6 is 11.3 Å². The predicted molar refractivity (Wildman–Crippen MR) is 84.8 cm³/mol. The summed E-state index contributed by atoms with van der Waals surface area (Å²) in [7, 11) is 0. The Balaban J connectivity index is 1.87. The van der Waals surface area contributed by atoms with Crippen LogP contribution in [0.15, 0.2) is 29.6 Å². The number of carbonyl (C=O) groups is 1. The molecule has 0 saturated heterocycles. The second-order valence-corrected chi connectivity index (χ2v) is 5.98. The second kappa shape index (κ2) is 7.22. The van der Waals surface area contributed by atoms with Crippen LogP contribution in [0.3, 0.4) is 0 Å². The summed E-state index contributed by atoms with van der Waals surface area (Å²) in [6, 6.07) is 7.79. The summed E-state index contributed by atoms with van der Waals surface area (Å²) < 4.78 is 5.72. The van der Waals surface area contributed by atoms with Gasteiger partial charge in [0.25, 0.3) is 5.91 Å². The highest BCUT2D eigenvalue weighted by Gasteiger charge is 2.08. The van der Waals surface area contributed by atoms with Gasteiger partial charge in [-0.3, -0.25) is 4.79 Å². The highest BCUT2D eigenvalue weighted by atomic mass is 32.1. The van der Waals surface area contributed by atoms with Gasteiger partial charge in [0.2, 0.25) is 0 Å². The van der Waals surface area contributed by atoms with Crippen molar-refractivity contribution in [2.24, 2.45) is 0 Å². The fraction of sp³-hybridized carbons (Fsp3) is 0.375. The summed E-state index contributed by atoms with van der Waals surface area (Å²) in [5.74, 6) is 0.717. The van der Waals surface area contributed by atoms with Crippen LogP contribution in [0.4, 0.5) is 0 Å². The lowest BCUT2D eigenvalue weighted by atomic mass is 10.2. The Morgan fingerprint density at radius 3 is 2.67 bits per heavy atom. The average molecular weight is 304 g/mol. The summed E-state index contributed by atoms with van der Waals surface area (Å²) in [6.07, 6.45) is 1.19. The Bertz CT molecular complexity index is 593. The smallest absolute Gasteiger partial charge is 0.271 e. The molecule has 21 heavy (non-hydrogen) atoms. The van der Waals surface area contributed by atoms with E-state index in [0.29, 0.717) is 12.2 Å². The molecular formula is C16H20N2O2S. The number of aromatic nitrogens is 1. The molecule has 0 aliphatic heterocycles. The van der Waals surface area contributed by atoms with E-state index in [1.54, 1.807) is 5.38 Å². The molecule has 0 spiro atoms. The van der Waals surface area contributed by atoms with Gasteiger partial charge in [0.15, 0.2) is 0 Å². The van der Waals surface area contributed by atoms with Crippen LogP contribution in [-0.4, -0.2) is 17.0 Å². The third-order valence-electron chi connectivity index (χ3n) is 3.14. The first-order valence-electron chi connectivity index (χ1n) is 7.04. The number of thiazole rings is 1. The van der Waals surface area contributed by atoms with E-state index in [2.05, 4.69) is 17.2 Å². The number of aryl methyl sites for hydroxylation is 1. The van der Waals surface area contributed by atoms with Gasteiger partial charge < -0.3 is 10.1 Å². The molecule has 0 saturated carbocycles. The third kappa shape index (κ3) is 4.56. The van der Waals surface area contributed by atoms with Gasteiger partial charge in [-0.15, -0.1) is 11.3 Å². The topological polar surface area (TPSA) is 51.2 Å². The van der Waals surface area contributed by atoms with Crippen molar-refractivity contribution in [1.29, 1.82) is 0 Å². The molecule has 1 heterocycles. The third-order valence-corrected chi connectivity index (χ3v) is 3.91. The fourth-order valence-electron chi connectivity index (χ4n) is 1.74.